The summed E-state index contributed by atoms with van der Waals surface area (Å²) in [4.78, 5) is 4.33. The number of halogens is 1. The Morgan fingerprint density at radius 2 is 2.24 bits per heavy atom. The number of ether oxygens (including phenoxy) is 1. The van der Waals surface area contributed by atoms with E-state index in [1.165, 1.54) is 0 Å². The monoisotopic (exact) mass is 411 g/mol. The van der Waals surface area contributed by atoms with E-state index in [1.54, 1.807) is 18.4 Å². The SMILES string of the molecule is CCNC(=NCC(O)c1ccco1)NCCCOCC.I. The molecule has 1 aromatic rings. The molecule has 0 radical (unpaired) electrons. The van der Waals surface area contributed by atoms with Gasteiger partial charge < -0.3 is 24.9 Å². The van der Waals surface area contributed by atoms with E-state index < -0.39 is 6.10 Å². The highest BCUT2D eigenvalue weighted by Gasteiger charge is 2.09. The maximum atomic E-state index is 9.89. The van der Waals surface area contributed by atoms with Crippen LogP contribution in [0, 0.1) is 0 Å². The molecular formula is C14H26IN3O3. The lowest BCUT2D eigenvalue weighted by Gasteiger charge is -2.12. The van der Waals surface area contributed by atoms with E-state index in [0.29, 0.717) is 11.7 Å². The van der Waals surface area contributed by atoms with Gasteiger partial charge in [-0.3, -0.25) is 4.99 Å². The van der Waals surface area contributed by atoms with E-state index in [9.17, 15) is 5.11 Å². The first-order valence-electron chi connectivity index (χ1n) is 7.09. The molecule has 1 aromatic heterocycles. The Hall–Kier alpha value is -0.800. The highest BCUT2D eigenvalue weighted by molar-refractivity contribution is 14.0. The molecule has 1 heterocycles. The van der Waals surface area contributed by atoms with Crippen molar-refractivity contribution in [2.45, 2.75) is 26.4 Å². The van der Waals surface area contributed by atoms with E-state index in [2.05, 4.69) is 15.6 Å². The molecule has 0 aliphatic rings. The van der Waals surface area contributed by atoms with Crippen molar-refractivity contribution in [1.82, 2.24) is 10.6 Å². The minimum atomic E-state index is -0.719. The molecule has 0 saturated heterocycles. The average molecular weight is 411 g/mol. The van der Waals surface area contributed by atoms with E-state index in [-0.39, 0.29) is 30.5 Å². The Bertz CT molecular complexity index is 372. The first-order chi connectivity index (χ1) is 9.77. The number of hydrogen-bond donors (Lipinski definition) is 3. The highest BCUT2D eigenvalue weighted by Crippen LogP contribution is 2.12. The molecule has 0 saturated carbocycles. The summed E-state index contributed by atoms with van der Waals surface area (Å²) in [5.74, 6) is 1.22. The Kier molecular flexibility index (Phi) is 12.4. The summed E-state index contributed by atoms with van der Waals surface area (Å²) in [6.45, 7) is 7.27. The summed E-state index contributed by atoms with van der Waals surface area (Å²) in [7, 11) is 0. The van der Waals surface area contributed by atoms with Crippen molar-refractivity contribution in [3.63, 3.8) is 0 Å². The van der Waals surface area contributed by atoms with E-state index in [4.69, 9.17) is 9.15 Å². The first kappa shape index (κ1) is 20.2. The average Bonchev–Trinajstić information content (AvgIpc) is 2.98. The van der Waals surface area contributed by atoms with Crippen molar-refractivity contribution in [1.29, 1.82) is 0 Å². The number of furan rings is 1. The van der Waals surface area contributed by atoms with Gasteiger partial charge in [-0.15, -0.1) is 24.0 Å². The lowest BCUT2D eigenvalue weighted by Crippen LogP contribution is -2.38. The van der Waals surface area contributed by atoms with Crippen LogP contribution in [0.1, 0.15) is 32.1 Å². The van der Waals surface area contributed by atoms with Crippen LogP contribution in [0.25, 0.3) is 0 Å². The van der Waals surface area contributed by atoms with Gasteiger partial charge in [0.25, 0.3) is 0 Å². The lowest BCUT2D eigenvalue weighted by molar-refractivity contribution is 0.145. The zero-order valence-corrected chi connectivity index (χ0v) is 15.0. The van der Waals surface area contributed by atoms with Crippen molar-refractivity contribution in [3.05, 3.63) is 24.2 Å². The molecule has 0 fully saturated rings. The Balaban J connectivity index is 0.00000400. The molecule has 0 aromatic carbocycles. The number of hydrogen-bond acceptors (Lipinski definition) is 4. The summed E-state index contributed by atoms with van der Waals surface area (Å²) in [5.41, 5.74) is 0. The molecule has 3 N–H and O–H groups in total. The Labute approximate surface area is 143 Å². The van der Waals surface area contributed by atoms with Gasteiger partial charge in [-0.2, -0.15) is 0 Å². The quantitative estimate of drug-likeness (QED) is 0.251. The van der Waals surface area contributed by atoms with Crippen LogP contribution in [0.5, 0.6) is 0 Å². The molecule has 122 valence electrons. The number of aliphatic imine (C=N–C) groups is 1. The second kappa shape index (κ2) is 12.9. The third kappa shape index (κ3) is 8.94. The molecule has 0 amide bonds. The fourth-order valence-electron chi connectivity index (χ4n) is 1.62. The number of aliphatic hydroxyl groups is 1. The number of guanidine groups is 1. The van der Waals surface area contributed by atoms with Gasteiger partial charge in [0.15, 0.2) is 5.96 Å². The van der Waals surface area contributed by atoms with Gasteiger partial charge in [0, 0.05) is 26.3 Å². The normalized spacial score (nSPS) is 12.6. The number of nitrogens with one attached hydrogen (secondary N) is 2. The highest BCUT2D eigenvalue weighted by atomic mass is 127. The van der Waals surface area contributed by atoms with Crippen molar-refractivity contribution < 1.29 is 14.3 Å². The molecular weight excluding hydrogens is 385 g/mol. The maximum absolute atomic E-state index is 9.89. The summed E-state index contributed by atoms with van der Waals surface area (Å²) < 4.78 is 10.4. The van der Waals surface area contributed by atoms with Crippen molar-refractivity contribution in [2.75, 3.05) is 32.8 Å². The second-order valence-electron chi connectivity index (χ2n) is 4.23. The molecule has 0 bridgehead atoms. The summed E-state index contributed by atoms with van der Waals surface area (Å²) in [6, 6.07) is 3.49. The third-order valence-electron chi connectivity index (χ3n) is 2.60. The third-order valence-corrected chi connectivity index (χ3v) is 2.60. The van der Waals surface area contributed by atoms with Gasteiger partial charge in [-0.1, -0.05) is 0 Å². The summed E-state index contributed by atoms with van der Waals surface area (Å²) >= 11 is 0. The largest absolute Gasteiger partial charge is 0.467 e. The predicted molar refractivity (Wildman–Crippen MR) is 94.2 cm³/mol. The lowest BCUT2D eigenvalue weighted by atomic mass is 10.3. The van der Waals surface area contributed by atoms with Crippen LogP contribution in [-0.2, 0) is 4.74 Å². The molecule has 1 rings (SSSR count). The van der Waals surface area contributed by atoms with Gasteiger partial charge in [0.1, 0.15) is 11.9 Å². The fraction of sp³-hybridized carbons (Fsp3) is 0.643. The zero-order chi connectivity index (χ0) is 14.6. The van der Waals surface area contributed by atoms with Crippen LogP contribution in [-0.4, -0.2) is 43.9 Å². The van der Waals surface area contributed by atoms with E-state index in [0.717, 1.165) is 32.7 Å². The van der Waals surface area contributed by atoms with Crippen LogP contribution in [0.15, 0.2) is 27.8 Å². The Morgan fingerprint density at radius 3 is 2.86 bits per heavy atom. The second-order valence-corrected chi connectivity index (χ2v) is 4.23. The van der Waals surface area contributed by atoms with E-state index in [1.807, 2.05) is 13.8 Å². The standard InChI is InChI=1S/C14H25N3O3.HI/c1-3-15-14(16-8-6-9-19-4-2)17-11-12(18)13-7-5-10-20-13;/h5,7,10,12,18H,3-4,6,8-9,11H2,1-2H3,(H2,15,16,17);1H. The minimum absolute atomic E-state index is 0. The molecule has 6 nitrogen and oxygen atoms in total. The molecule has 1 atom stereocenters. The minimum Gasteiger partial charge on any atom is -0.467 e. The molecule has 7 heteroatoms. The topological polar surface area (TPSA) is 79.0 Å². The van der Waals surface area contributed by atoms with E-state index >= 15 is 0 Å². The number of nitrogens with zero attached hydrogens (tertiary/aromatic N) is 1. The summed E-state index contributed by atoms with van der Waals surface area (Å²) in [5, 5.41) is 16.2. The number of aliphatic hydroxyl groups excluding tert-OH is 1. The smallest absolute Gasteiger partial charge is 0.191 e. The summed E-state index contributed by atoms with van der Waals surface area (Å²) in [6.07, 6.45) is 1.74. The molecule has 0 aliphatic heterocycles. The van der Waals surface area contributed by atoms with Crippen LogP contribution in [0.2, 0.25) is 0 Å². The molecule has 21 heavy (non-hydrogen) atoms. The first-order valence-corrected chi connectivity index (χ1v) is 7.09. The van der Waals surface area contributed by atoms with Crippen molar-refractivity contribution in [2.24, 2.45) is 4.99 Å². The van der Waals surface area contributed by atoms with Crippen molar-refractivity contribution in [3.8, 4) is 0 Å². The molecule has 0 spiro atoms. The van der Waals surface area contributed by atoms with Gasteiger partial charge >= 0.3 is 0 Å². The van der Waals surface area contributed by atoms with Crippen LogP contribution < -0.4 is 10.6 Å². The molecule has 1 unspecified atom stereocenters. The van der Waals surface area contributed by atoms with Crippen LogP contribution in [0.4, 0.5) is 0 Å². The van der Waals surface area contributed by atoms with Crippen molar-refractivity contribution >= 4 is 29.9 Å². The van der Waals surface area contributed by atoms with Gasteiger partial charge in [0.05, 0.1) is 12.8 Å². The van der Waals surface area contributed by atoms with Gasteiger partial charge in [-0.25, -0.2) is 0 Å². The van der Waals surface area contributed by atoms with Gasteiger partial charge in [-0.05, 0) is 32.4 Å². The van der Waals surface area contributed by atoms with Crippen LogP contribution in [0.3, 0.4) is 0 Å². The molecule has 0 aliphatic carbocycles. The van der Waals surface area contributed by atoms with Crippen LogP contribution >= 0.6 is 24.0 Å². The Morgan fingerprint density at radius 1 is 1.43 bits per heavy atom. The maximum Gasteiger partial charge on any atom is 0.191 e. The zero-order valence-electron chi connectivity index (χ0n) is 12.7. The number of rotatable bonds is 9. The predicted octanol–water partition coefficient (Wildman–Crippen LogP) is 1.91. The fourth-order valence-corrected chi connectivity index (χ4v) is 1.62. The van der Waals surface area contributed by atoms with Gasteiger partial charge in [0.2, 0.25) is 0 Å².